The Bertz CT molecular complexity index is 1150. The molecule has 114 valence electrons. The summed E-state index contributed by atoms with van der Waals surface area (Å²) in [6, 6.07) is 16.3. The van der Waals surface area contributed by atoms with E-state index in [1.807, 2.05) is 53.5 Å². The van der Waals surface area contributed by atoms with E-state index in [0.29, 0.717) is 5.78 Å². The molecule has 0 aliphatic heterocycles. The first-order valence-electron chi connectivity index (χ1n) is 7.72. The molecule has 0 amide bonds. The number of hydrogen-bond donors (Lipinski definition) is 0. The summed E-state index contributed by atoms with van der Waals surface area (Å²) in [5.74, 6) is 1.56. The van der Waals surface area contributed by atoms with E-state index in [1.54, 1.807) is 6.20 Å². The van der Waals surface area contributed by atoms with Gasteiger partial charge in [0, 0.05) is 47.6 Å². The number of aromatic nitrogens is 5. The molecule has 3 aromatic heterocycles. The minimum atomic E-state index is 0.688. The Balaban J connectivity index is 1.80. The van der Waals surface area contributed by atoms with E-state index in [4.69, 9.17) is 4.98 Å². The summed E-state index contributed by atoms with van der Waals surface area (Å²) < 4.78 is 4.00. The van der Waals surface area contributed by atoms with E-state index < -0.39 is 0 Å². The normalized spacial score (nSPS) is 11.3. The van der Waals surface area contributed by atoms with Gasteiger partial charge in [-0.1, -0.05) is 30.3 Å². The van der Waals surface area contributed by atoms with Gasteiger partial charge in [0.1, 0.15) is 5.82 Å². The van der Waals surface area contributed by atoms with E-state index in [2.05, 4.69) is 38.8 Å². The smallest absolute Gasteiger partial charge is 0.234 e. The number of hydrogen-bond acceptors (Lipinski definition) is 3. The van der Waals surface area contributed by atoms with Gasteiger partial charge < -0.3 is 0 Å². The van der Waals surface area contributed by atoms with Gasteiger partial charge in [0.2, 0.25) is 5.78 Å². The van der Waals surface area contributed by atoms with Crippen molar-refractivity contribution < 1.29 is 0 Å². The lowest BCUT2D eigenvalue weighted by Crippen LogP contribution is -1.98. The van der Waals surface area contributed by atoms with Gasteiger partial charge in [-0.05, 0) is 18.2 Å². The first kappa shape index (κ1) is 13.0. The molecule has 2 aromatic carbocycles. The monoisotopic (exact) mass is 311 g/mol. The molecule has 0 unspecified atom stereocenters. The molecule has 0 aliphatic carbocycles. The van der Waals surface area contributed by atoms with Crippen molar-refractivity contribution >= 4 is 16.7 Å². The molecule has 0 radical (unpaired) electrons. The lowest BCUT2D eigenvalue weighted by molar-refractivity contribution is 1.07. The molecule has 0 aliphatic rings. The van der Waals surface area contributed by atoms with E-state index in [-0.39, 0.29) is 0 Å². The van der Waals surface area contributed by atoms with Gasteiger partial charge in [0.25, 0.3) is 0 Å². The molecule has 0 bridgehead atoms. The van der Waals surface area contributed by atoms with E-state index in [1.165, 1.54) is 0 Å². The fourth-order valence-electron chi connectivity index (χ4n) is 3.01. The number of benzene rings is 2. The molecular formula is C19H13N5. The molecule has 0 atom stereocenters. The van der Waals surface area contributed by atoms with Crippen LogP contribution < -0.4 is 0 Å². The van der Waals surface area contributed by atoms with Crippen LogP contribution in [0.15, 0.2) is 79.5 Å². The van der Waals surface area contributed by atoms with Crippen molar-refractivity contribution in [3.8, 4) is 17.1 Å². The lowest BCUT2D eigenvalue weighted by atomic mass is 10.1. The first-order chi connectivity index (χ1) is 11.9. The maximum atomic E-state index is 4.73. The van der Waals surface area contributed by atoms with Gasteiger partial charge in [-0.3, -0.25) is 8.97 Å². The molecule has 5 rings (SSSR count). The Labute approximate surface area is 137 Å². The third-order valence-corrected chi connectivity index (χ3v) is 4.12. The van der Waals surface area contributed by atoms with E-state index in [0.717, 1.165) is 28.0 Å². The number of nitrogens with zero attached hydrogens (tertiary/aromatic N) is 5. The van der Waals surface area contributed by atoms with E-state index >= 15 is 0 Å². The third kappa shape index (κ3) is 1.91. The average Bonchev–Trinajstić information content (AvgIpc) is 3.29. The second-order valence-electron chi connectivity index (χ2n) is 5.58. The number of rotatable bonds is 2. The van der Waals surface area contributed by atoms with Crippen LogP contribution in [0.4, 0.5) is 0 Å². The quantitative estimate of drug-likeness (QED) is 0.499. The molecular weight excluding hydrogens is 298 g/mol. The maximum absolute atomic E-state index is 4.73. The molecule has 0 fully saturated rings. The van der Waals surface area contributed by atoms with Crippen LogP contribution in [0, 0.1) is 0 Å². The van der Waals surface area contributed by atoms with Crippen molar-refractivity contribution in [3.63, 3.8) is 0 Å². The SMILES string of the molecule is c1ccc(-n2ccnc2-c2cccc3cn4ccnc4nc23)cc1. The Hall–Kier alpha value is -3.47. The third-order valence-electron chi connectivity index (χ3n) is 4.12. The summed E-state index contributed by atoms with van der Waals surface area (Å²) in [5, 5.41) is 1.06. The summed E-state index contributed by atoms with van der Waals surface area (Å²) in [6.07, 6.45) is 9.49. The van der Waals surface area contributed by atoms with Crippen LogP contribution in [0.25, 0.3) is 33.8 Å². The summed E-state index contributed by atoms with van der Waals surface area (Å²) in [7, 11) is 0. The zero-order chi connectivity index (χ0) is 15.9. The first-order valence-corrected chi connectivity index (χ1v) is 7.72. The van der Waals surface area contributed by atoms with Gasteiger partial charge in [-0.25, -0.2) is 15.0 Å². The van der Waals surface area contributed by atoms with Crippen LogP contribution in [0.2, 0.25) is 0 Å². The van der Waals surface area contributed by atoms with Crippen molar-refractivity contribution in [3.05, 3.63) is 79.5 Å². The number of para-hydroxylation sites is 2. The molecule has 5 nitrogen and oxygen atoms in total. The highest BCUT2D eigenvalue weighted by Gasteiger charge is 2.13. The van der Waals surface area contributed by atoms with Crippen LogP contribution in [0.1, 0.15) is 0 Å². The Kier molecular flexibility index (Phi) is 2.72. The van der Waals surface area contributed by atoms with E-state index in [9.17, 15) is 0 Å². The summed E-state index contributed by atoms with van der Waals surface area (Å²) in [4.78, 5) is 13.6. The second-order valence-corrected chi connectivity index (χ2v) is 5.58. The van der Waals surface area contributed by atoms with Crippen molar-refractivity contribution in [2.75, 3.05) is 0 Å². The second kappa shape index (κ2) is 5.03. The number of imidazole rings is 2. The molecule has 0 saturated carbocycles. The largest absolute Gasteiger partial charge is 0.300 e. The Morgan fingerprint density at radius 3 is 2.58 bits per heavy atom. The molecule has 5 heteroatoms. The molecule has 24 heavy (non-hydrogen) atoms. The van der Waals surface area contributed by atoms with Crippen molar-refractivity contribution in [1.82, 2.24) is 23.9 Å². The average molecular weight is 311 g/mol. The van der Waals surface area contributed by atoms with Crippen LogP contribution >= 0.6 is 0 Å². The Morgan fingerprint density at radius 2 is 1.67 bits per heavy atom. The highest BCUT2D eigenvalue weighted by molar-refractivity contribution is 5.92. The standard InChI is InChI=1S/C19H13N5/c1-2-6-15(7-3-1)24-12-10-20-18(24)16-8-4-5-14-13-23-11-9-21-19(23)22-17(14)16/h1-13H. The highest BCUT2D eigenvalue weighted by atomic mass is 15.1. The fraction of sp³-hybridized carbons (Fsp3) is 0. The zero-order valence-corrected chi connectivity index (χ0v) is 12.7. The van der Waals surface area contributed by atoms with Gasteiger partial charge in [0.15, 0.2) is 0 Å². The van der Waals surface area contributed by atoms with Gasteiger partial charge >= 0.3 is 0 Å². The minimum Gasteiger partial charge on any atom is -0.300 e. The topological polar surface area (TPSA) is 48.0 Å². The predicted molar refractivity (Wildman–Crippen MR) is 93.1 cm³/mol. The molecule has 0 saturated heterocycles. The highest BCUT2D eigenvalue weighted by Crippen LogP contribution is 2.28. The lowest BCUT2D eigenvalue weighted by Gasteiger charge is -2.10. The summed E-state index contributed by atoms with van der Waals surface area (Å²) >= 11 is 0. The van der Waals surface area contributed by atoms with Crippen molar-refractivity contribution in [2.24, 2.45) is 0 Å². The molecule has 0 N–H and O–H groups in total. The van der Waals surface area contributed by atoms with Gasteiger partial charge in [-0.2, -0.15) is 0 Å². The van der Waals surface area contributed by atoms with Crippen molar-refractivity contribution in [1.29, 1.82) is 0 Å². The van der Waals surface area contributed by atoms with Crippen molar-refractivity contribution in [2.45, 2.75) is 0 Å². The van der Waals surface area contributed by atoms with Crippen LogP contribution in [0.5, 0.6) is 0 Å². The number of fused-ring (bicyclic) bond motifs is 2. The van der Waals surface area contributed by atoms with Crippen LogP contribution in [-0.2, 0) is 0 Å². The fourth-order valence-corrected chi connectivity index (χ4v) is 3.01. The minimum absolute atomic E-state index is 0.688. The van der Waals surface area contributed by atoms with Gasteiger partial charge in [0.05, 0.1) is 5.52 Å². The van der Waals surface area contributed by atoms with Crippen LogP contribution in [0.3, 0.4) is 0 Å². The van der Waals surface area contributed by atoms with Gasteiger partial charge in [-0.15, -0.1) is 0 Å². The molecule has 0 spiro atoms. The maximum Gasteiger partial charge on any atom is 0.234 e. The Morgan fingerprint density at radius 1 is 0.792 bits per heavy atom. The zero-order valence-electron chi connectivity index (χ0n) is 12.7. The van der Waals surface area contributed by atoms with Crippen LogP contribution in [-0.4, -0.2) is 23.9 Å². The summed E-state index contributed by atoms with van der Waals surface area (Å²) in [6.45, 7) is 0. The summed E-state index contributed by atoms with van der Waals surface area (Å²) in [5.41, 5.74) is 2.97. The molecule has 3 heterocycles. The molecule has 5 aromatic rings. The predicted octanol–water partition coefficient (Wildman–Crippen LogP) is 3.74.